The Morgan fingerprint density at radius 1 is 0.432 bits per heavy atom. The van der Waals surface area contributed by atoms with E-state index in [1.807, 2.05) is 59.6 Å². The van der Waals surface area contributed by atoms with E-state index in [2.05, 4.69) is 178 Å². The monoisotopic (exact) mass is 1060 g/mol. The molecule has 3 heterocycles. The second-order valence-corrected chi connectivity index (χ2v) is 21.9. The fourth-order valence-electron chi connectivity index (χ4n) is 12.0. The number of benzene rings is 10. The van der Waals surface area contributed by atoms with Crippen molar-refractivity contribution in [2.24, 2.45) is 0 Å². The fourth-order valence-corrected chi connectivity index (χ4v) is 12.0. The van der Waals surface area contributed by atoms with Gasteiger partial charge in [0.2, 0.25) is 0 Å². The van der Waals surface area contributed by atoms with Crippen molar-refractivity contribution >= 4 is 57.0 Å². The number of pyridine rings is 1. The second-order valence-electron chi connectivity index (χ2n) is 21.9. The molecule has 10 aromatic carbocycles. The molecule has 13 rings (SSSR count). The summed E-state index contributed by atoms with van der Waals surface area (Å²) in [6.45, 7) is 15.4. The van der Waals surface area contributed by atoms with Gasteiger partial charge in [-0.05, 0) is 165 Å². The molecule has 0 saturated carbocycles. The first kappa shape index (κ1) is 40.7. The van der Waals surface area contributed by atoms with Crippen LogP contribution >= 0.6 is 0 Å². The average molecular weight is 1060 g/mol. The van der Waals surface area contributed by atoms with Gasteiger partial charge in [-0.15, -0.1) is 0 Å². The number of rotatable bonds is 12. The lowest BCUT2D eigenvalue weighted by molar-refractivity contribution is 0.807. The van der Waals surface area contributed by atoms with Crippen LogP contribution in [0.3, 0.4) is 0 Å². The highest BCUT2D eigenvalue weighted by molar-refractivity contribution is 6.04. The van der Waals surface area contributed by atoms with E-state index in [4.69, 9.17) is 13.2 Å². The maximum Gasteiger partial charge on any atom is 0.137 e. The Balaban J connectivity index is 1.10. The van der Waals surface area contributed by atoms with E-state index in [9.17, 15) is 5.48 Å². The van der Waals surface area contributed by atoms with Gasteiger partial charge in [0.05, 0.1) is 42.1 Å². The zero-order chi connectivity index (χ0) is 64.0. The van der Waals surface area contributed by atoms with Gasteiger partial charge < -0.3 is 14.7 Å². The predicted octanol–water partition coefficient (Wildman–Crippen LogP) is 21.6. The molecule has 0 atom stereocenters. The molecule has 0 radical (unpaired) electrons. The third kappa shape index (κ3) is 9.33. The number of nitrogens with zero attached hydrogens (tertiary/aromatic N) is 5. The minimum Gasteiger partial charge on any atom is -0.321 e. The first-order chi connectivity index (χ1) is 43.7. The molecule has 0 fully saturated rings. The lowest BCUT2D eigenvalue weighted by atomic mass is 9.81. The van der Waals surface area contributed by atoms with Crippen LogP contribution in [-0.2, 0) is 0 Å². The zero-order valence-electron chi connectivity index (χ0n) is 56.6. The summed E-state index contributed by atoms with van der Waals surface area (Å²) in [5.41, 5.74) is 18.1. The molecule has 81 heavy (non-hydrogen) atoms. The van der Waals surface area contributed by atoms with E-state index in [0.29, 0.717) is 16.9 Å². The fraction of sp³-hybridized carbons (Fsp3) is 0.145. The second kappa shape index (κ2) is 21.3. The molecule has 0 spiro atoms. The Labute approximate surface area is 492 Å². The molecule has 396 valence electrons. The number of hydrogen-bond acceptors (Lipinski definition) is 5. The molecule has 0 N–H and O–H groups in total. The largest absolute Gasteiger partial charge is 0.321 e. The summed E-state index contributed by atoms with van der Waals surface area (Å²) in [4.78, 5) is 13.8. The number of aryl methyl sites for hydroxylation is 1. The molecule has 2 aliphatic heterocycles. The number of aromatic nitrogens is 1. The maximum absolute atomic E-state index is 9.44. The van der Waals surface area contributed by atoms with Gasteiger partial charge in [-0.3, -0.25) is 4.90 Å². The molecule has 0 saturated heterocycles. The normalized spacial score (nSPS) is 14.3. The van der Waals surface area contributed by atoms with Crippen molar-refractivity contribution in [2.45, 2.75) is 66.2 Å². The molecule has 0 aliphatic carbocycles. The van der Waals surface area contributed by atoms with Gasteiger partial charge in [-0.25, -0.2) is 4.98 Å². The molecule has 1 aromatic heterocycles. The van der Waals surface area contributed by atoms with E-state index >= 15 is 0 Å². The van der Waals surface area contributed by atoms with Crippen LogP contribution < -0.4 is 19.6 Å². The highest BCUT2D eigenvalue weighted by atomic mass is 15.4. The number of hydrogen-bond donors (Lipinski definition) is 0. The van der Waals surface area contributed by atoms with Crippen molar-refractivity contribution in [3.05, 3.63) is 271 Å². The van der Waals surface area contributed by atoms with Gasteiger partial charge in [-0.1, -0.05) is 199 Å². The Morgan fingerprint density at radius 2 is 0.988 bits per heavy atom. The van der Waals surface area contributed by atoms with E-state index in [1.54, 1.807) is 19.1 Å². The highest BCUT2D eigenvalue weighted by Gasteiger charge is 2.34. The van der Waals surface area contributed by atoms with Crippen molar-refractivity contribution in [1.82, 2.24) is 4.98 Å². The summed E-state index contributed by atoms with van der Waals surface area (Å²) in [7, 11) is 0. The van der Waals surface area contributed by atoms with Gasteiger partial charge in [0.25, 0.3) is 0 Å². The highest BCUT2D eigenvalue weighted by Crippen LogP contribution is 2.55. The van der Waals surface area contributed by atoms with Gasteiger partial charge in [0, 0.05) is 51.2 Å². The van der Waals surface area contributed by atoms with Gasteiger partial charge in [0.15, 0.2) is 0 Å². The number of fused-ring (bicyclic) bond motifs is 6. The first-order valence-corrected chi connectivity index (χ1v) is 27.9. The molecule has 5 heteroatoms. The average Bonchev–Trinajstić information content (AvgIpc) is 1.72. The topological polar surface area (TPSA) is 25.9 Å². The van der Waals surface area contributed by atoms with Crippen molar-refractivity contribution in [3.8, 4) is 55.6 Å². The van der Waals surface area contributed by atoms with E-state index in [-0.39, 0.29) is 46.7 Å². The van der Waals surface area contributed by atoms with Crippen LogP contribution in [0.2, 0.25) is 0 Å². The maximum atomic E-state index is 9.44. The minimum atomic E-state index is -0.552. The summed E-state index contributed by atoms with van der Waals surface area (Å²) in [5.74, 6) is 1.28. The summed E-state index contributed by atoms with van der Waals surface area (Å²) in [5, 5.41) is 0. The Kier molecular flexibility index (Phi) is 10.7. The van der Waals surface area contributed by atoms with E-state index in [0.717, 1.165) is 79.0 Å². The summed E-state index contributed by atoms with van der Waals surface area (Å²) >= 11 is 0. The van der Waals surface area contributed by atoms with Gasteiger partial charge >= 0.3 is 0 Å². The van der Waals surface area contributed by atoms with Crippen molar-refractivity contribution in [3.63, 3.8) is 0 Å². The van der Waals surface area contributed by atoms with Crippen LogP contribution in [0.25, 0.3) is 55.6 Å². The van der Waals surface area contributed by atoms with Crippen LogP contribution in [0.1, 0.15) is 95.3 Å². The van der Waals surface area contributed by atoms with Crippen molar-refractivity contribution in [1.29, 1.82) is 0 Å². The molecular formula is C76H67N5. The zero-order valence-corrected chi connectivity index (χ0v) is 46.6. The molecule has 0 unspecified atom stereocenters. The minimum absolute atomic E-state index is 0.0744. The Bertz CT molecular complexity index is 4550. The smallest absolute Gasteiger partial charge is 0.137 e. The third-order valence-electron chi connectivity index (χ3n) is 15.7. The quantitative estimate of drug-likeness (QED) is 0.121. The molecule has 0 bridgehead atoms. The SMILES string of the molecule is [2H]c1c([2H])c([2H])c(-c2cc(C)cc(-c3c([2H])c([2H])c([2H])c([2H])c3[2H])c2N2CN(c3cc(-c4c(C(C)C)cc(C(C)C)cc4C(C)C)cc(N(c4ccccc4)c4ccc5c(c4)N(c4ccccn4)c4ccccc4-c4ccccc4-5)c3)c3ccccc32)c([2H])c1[2H]. The van der Waals surface area contributed by atoms with Gasteiger partial charge in [0.1, 0.15) is 12.5 Å². The lowest BCUT2D eigenvalue weighted by Gasteiger charge is -2.32. The van der Waals surface area contributed by atoms with Crippen molar-refractivity contribution in [2.75, 3.05) is 26.3 Å². The Morgan fingerprint density at radius 3 is 1.58 bits per heavy atom. The van der Waals surface area contributed by atoms with Crippen LogP contribution in [0.15, 0.2) is 249 Å². The summed E-state index contributed by atoms with van der Waals surface area (Å²) in [6, 6.07) is 58.1. The standard InChI is InChI=1S/C76H67N5/c1-50(2)56-45-66(51(3)4)75(67(46-56)52(5)6)57-43-60(78-49-79(72-36-22-21-35-71(72)78)76-68(54-25-11-8-12-26-54)41-53(7)42-69(76)55-27-13-9-14-28-55)47-61(44-57)80(58-29-15-10-16-30-58)59-38-39-65-63-32-18-17-31-62(63)64-33-19-20-34-70(64)81(73(65)48-59)74-37-23-24-40-77-74/h8-48,50-52H,49H2,1-7H3/i8D,9D,11D,12D,13D,14D,25D,26D,27D,28D. The van der Waals surface area contributed by atoms with E-state index in [1.165, 1.54) is 16.7 Å². The summed E-state index contributed by atoms with van der Waals surface area (Å²) in [6.07, 6.45) is 1.83. The molecule has 11 aromatic rings. The molecule has 5 nitrogen and oxygen atoms in total. The number of para-hydroxylation sites is 4. The molecular weight excluding hydrogens is 983 g/mol. The van der Waals surface area contributed by atoms with Crippen LogP contribution in [0.4, 0.5) is 57.0 Å². The van der Waals surface area contributed by atoms with Gasteiger partial charge in [-0.2, -0.15) is 0 Å². The number of anilines is 10. The summed E-state index contributed by atoms with van der Waals surface area (Å²) < 4.78 is 90.7. The molecule has 0 amide bonds. The van der Waals surface area contributed by atoms with Crippen LogP contribution in [-0.4, -0.2) is 11.7 Å². The third-order valence-corrected chi connectivity index (χ3v) is 15.7. The molecule has 2 aliphatic rings. The van der Waals surface area contributed by atoms with Crippen LogP contribution in [0.5, 0.6) is 0 Å². The van der Waals surface area contributed by atoms with E-state index < -0.39 is 60.4 Å². The predicted molar refractivity (Wildman–Crippen MR) is 343 cm³/mol. The van der Waals surface area contributed by atoms with Crippen LogP contribution in [0, 0.1) is 6.92 Å². The first-order valence-electron chi connectivity index (χ1n) is 32.9. The lowest BCUT2D eigenvalue weighted by Crippen LogP contribution is -2.25. The van der Waals surface area contributed by atoms with Crippen molar-refractivity contribution < 1.29 is 13.7 Å². The Hall–Kier alpha value is -9.45.